The summed E-state index contributed by atoms with van der Waals surface area (Å²) >= 11 is 1.66. The van der Waals surface area contributed by atoms with Crippen molar-refractivity contribution in [2.75, 3.05) is 6.26 Å². The number of fused-ring (bicyclic) bond motifs is 1. The molecule has 0 saturated heterocycles. The van der Waals surface area contributed by atoms with Crippen LogP contribution in [0.4, 0.5) is 0 Å². The molecule has 0 atom stereocenters. The van der Waals surface area contributed by atoms with Gasteiger partial charge in [0.05, 0.1) is 5.57 Å². The summed E-state index contributed by atoms with van der Waals surface area (Å²) in [6.07, 6.45) is 3.58. The highest BCUT2D eigenvalue weighted by Crippen LogP contribution is 2.30. The second-order valence-electron chi connectivity index (χ2n) is 7.03. The summed E-state index contributed by atoms with van der Waals surface area (Å²) in [5.74, 6) is -1.31. The van der Waals surface area contributed by atoms with Gasteiger partial charge >= 0.3 is 0 Å². The summed E-state index contributed by atoms with van der Waals surface area (Å²) in [4.78, 5) is 26.0. The van der Waals surface area contributed by atoms with E-state index in [0.29, 0.717) is 23.2 Å². The molecular formula is C24H20N2O4S. The largest absolute Gasteiger partial charge is 0.504 e. The van der Waals surface area contributed by atoms with Gasteiger partial charge in [0.15, 0.2) is 11.5 Å². The Hall–Kier alpha value is -3.71. The van der Waals surface area contributed by atoms with Crippen LogP contribution >= 0.6 is 11.8 Å². The van der Waals surface area contributed by atoms with E-state index in [9.17, 15) is 19.8 Å². The number of carbonyl (C=O) groups is 2. The van der Waals surface area contributed by atoms with Crippen molar-refractivity contribution < 1.29 is 19.8 Å². The SMILES string of the molecule is CSc1ccc(-c2ccc3c(c2)/C(=C\NCc2ccc(O)c(O)c2)C(=O)NC3=O)cc1. The highest BCUT2D eigenvalue weighted by atomic mass is 32.2. The van der Waals surface area contributed by atoms with Gasteiger partial charge in [0.2, 0.25) is 0 Å². The van der Waals surface area contributed by atoms with Crippen molar-refractivity contribution in [1.29, 1.82) is 0 Å². The van der Waals surface area contributed by atoms with Gasteiger partial charge in [-0.3, -0.25) is 14.9 Å². The first-order valence-electron chi connectivity index (χ1n) is 9.55. The standard InChI is InChI=1S/C24H20N2O4S/c1-31-17-6-3-15(4-7-17)16-5-8-18-19(11-16)20(24(30)26-23(18)29)13-25-12-14-2-9-21(27)22(28)10-14/h2-11,13,25,27-28H,12H2,1H3,(H,26,29,30)/b20-13+. The smallest absolute Gasteiger partial charge is 0.260 e. The Bertz CT molecular complexity index is 1200. The van der Waals surface area contributed by atoms with Gasteiger partial charge in [-0.2, -0.15) is 0 Å². The van der Waals surface area contributed by atoms with Crippen LogP contribution in [0.3, 0.4) is 0 Å². The minimum atomic E-state index is -0.478. The highest BCUT2D eigenvalue weighted by Gasteiger charge is 2.27. The minimum absolute atomic E-state index is 0.195. The maximum atomic E-state index is 12.5. The molecule has 1 heterocycles. The molecule has 31 heavy (non-hydrogen) atoms. The first-order chi connectivity index (χ1) is 15.0. The molecule has 7 heteroatoms. The number of carbonyl (C=O) groups excluding carboxylic acids is 2. The molecule has 4 N–H and O–H groups in total. The lowest BCUT2D eigenvalue weighted by molar-refractivity contribution is -0.114. The average Bonchev–Trinajstić information content (AvgIpc) is 2.78. The number of hydrogen-bond acceptors (Lipinski definition) is 6. The molecule has 0 spiro atoms. The fourth-order valence-corrected chi connectivity index (χ4v) is 3.79. The lowest BCUT2D eigenvalue weighted by Crippen LogP contribution is -2.37. The van der Waals surface area contributed by atoms with Gasteiger partial charge in [0.1, 0.15) is 0 Å². The van der Waals surface area contributed by atoms with Crippen LogP contribution in [0, 0.1) is 0 Å². The maximum Gasteiger partial charge on any atom is 0.260 e. The molecular weight excluding hydrogens is 412 g/mol. The molecule has 1 aliphatic rings. The predicted molar refractivity (Wildman–Crippen MR) is 121 cm³/mol. The Kier molecular flexibility index (Phi) is 5.68. The molecule has 3 aromatic rings. The maximum absolute atomic E-state index is 12.5. The number of phenolic OH excluding ortho intramolecular Hbond substituents is 2. The lowest BCUT2D eigenvalue weighted by Gasteiger charge is -2.19. The van der Waals surface area contributed by atoms with Gasteiger partial charge in [-0.25, -0.2) is 0 Å². The first kappa shape index (κ1) is 20.6. The van der Waals surface area contributed by atoms with E-state index in [1.807, 2.05) is 42.7 Å². The van der Waals surface area contributed by atoms with Crippen LogP contribution in [0.1, 0.15) is 21.5 Å². The van der Waals surface area contributed by atoms with Crippen LogP contribution in [-0.4, -0.2) is 28.3 Å². The molecule has 0 saturated carbocycles. The summed E-state index contributed by atoms with van der Waals surface area (Å²) < 4.78 is 0. The molecule has 0 aromatic heterocycles. The fraction of sp³-hybridized carbons (Fsp3) is 0.0833. The molecule has 156 valence electrons. The highest BCUT2D eigenvalue weighted by molar-refractivity contribution is 7.98. The molecule has 0 bridgehead atoms. The normalized spacial score (nSPS) is 14.3. The number of rotatable bonds is 5. The van der Waals surface area contributed by atoms with Crippen molar-refractivity contribution in [3.8, 4) is 22.6 Å². The third-order valence-corrected chi connectivity index (χ3v) is 5.79. The molecule has 0 fully saturated rings. The second-order valence-corrected chi connectivity index (χ2v) is 7.91. The van der Waals surface area contributed by atoms with Crippen LogP contribution in [0.15, 0.2) is 71.8 Å². The molecule has 0 unspecified atom stereocenters. The molecule has 0 radical (unpaired) electrons. The molecule has 6 nitrogen and oxygen atoms in total. The minimum Gasteiger partial charge on any atom is -0.504 e. The monoisotopic (exact) mass is 432 g/mol. The number of imide groups is 1. The van der Waals surface area contributed by atoms with Gasteiger partial charge < -0.3 is 15.5 Å². The summed E-state index contributed by atoms with van der Waals surface area (Å²) in [6.45, 7) is 0.323. The van der Waals surface area contributed by atoms with Crippen LogP contribution in [0.5, 0.6) is 11.5 Å². The molecule has 2 amide bonds. The molecule has 3 aromatic carbocycles. The Morgan fingerprint density at radius 1 is 0.871 bits per heavy atom. The van der Waals surface area contributed by atoms with E-state index in [2.05, 4.69) is 10.6 Å². The molecule has 0 aliphatic carbocycles. The summed E-state index contributed by atoms with van der Waals surface area (Å²) in [7, 11) is 0. The topological polar surface area (TPSA) is 98.7 Å². The lowest BCUT2D eigenvalue weighted by atomic mass is 9.91. The van der Waals surface area contributed by atoms with Crippen LogP contribution in [0.2, 0.25) is 0 Å². The zero-order chi connectivity index (χ0) is 22.0. The third-order valence-electron chi connectivity index (χ3n) is 5.04. The van der Waals surface area contributed by atoms with E-state index >= 15 is 0 Å². The van der Waals surface area contributed by atoms with Crippen molar-refractivity contribution >= 4 is 29.1 Å². The summed E-state index contributed by atoms with van der Waals surface area (Å²) in [5.41, 5.74) is 3.96. The molecule has 1 aliphatic heterocycles. The van der Waals surface area contributed by atoms with Gasteiger partial charge in [-0.05, 0) is 59.3 Å². The number of amides is 2. The summed E-state index contributed by atoms with van der Waals surface area (Å²) in [5, 5.41) is 24.5. The van der Waals surface area contributed by atoms with E-state index < -0.39 is 11.8 Å². The van der Waals surface area contributed by atoms with Crippen LogP contribution in [-0.2, 0) is 11.3 Å². The van der Waals surface area contributed by atoms with E-state index in [1.165, 1.54) is 12.1 Å². The van der Waals surface area contributed by atoms with Crippen LogP contribution < -0.4 is 10.6 Å². The number of aromatic hydroxyl groups is 2. The fourth-order valence-electron chi connectivity index (χ4n) is 3.38. The third kappa shape index (κ3) is 4.27. The Morgan fingerprint density at radius 2 is 1.61 bits per heavy atom. The van der Waals surface area contributed by atoms with Gasteiger partial charge in [0.25, 0.3) is 11.8 Å². The molecule has 4 rings (SSSR count). The van der Waals surface area contributed by atoms with E-state index in [0.717, 1.165) is 21.6 Å². The van der Waals surface area contributed by atoms with Crippen molar-refractivity contribution in [1.82, 2.24) is 10.6 Å². The number of benzene rings is 3. The zero-order valence-electron chi connectivity index (χ0n) is 16.7. The summed E-state index contributed by atoms with van der Waals surface area (Å²) in [6, 6.07) is 18.0. The van der Waals surface area contributed by atoms with Gasteiger partial charge in [-0.15, -0.1) is 11.8 Å². The van der Waals surface area contributed by atoms with Crippen molar-refractivity contribution in [3.63, 3.8) is 0 Å². The van der Waals surface area contributed by atoms with Crippen molar-refractivity contribution in [3.05, 3.63) is 83.6 Å². The van der Waals surface area contributed by atoms with Crippen molar-refractivity contribution in [2.24, 2.45) is 0 Å². The van der Waals surface area contributed by atoms with Gasteiger partial charge in [-0.1, -0.05) is 24.3 Å². The quantitative estimate of drug-likeness (QED) is 0.211. The average molecular weight is 433 g/mol. The number of nitrogens with one attached hydrogen (secondary N) is 2. The van der Waals surface area contributed by atoms with Gasteiger partial charge in [0, 0.05) is 28.8 Å². The Balaban J connectivity index is 1.65. The zero-order valence-corrected chi connectivity index (χ0v) is 17.5. The van der Waals surface area contributed by atoms with Crippen LogP contribution in [0.25, 0.3) is 16.7 Å². The number of phenols is 2. The second kappa shape index (κ2) is 8.57. The first-order valence-corrected chi connectivity index (χ1v) is 10.8. The predicted octanol–water partition coefficient (Wildman–Crippen LogP) is 3.89. The van der Waals surface area contributed by atoms with E-state index in [1.54, 1.807) is 30.1 Å². The van der Waals surface area contributed by atoms with E-state index in [-0.39, 0.29) is 11.5 Å². The Morgan fingerprint density at radius 3 is 2.32 bits per heavy atom. The van der Waals surface area contributed by atoms with Crippen molar-refractivity contribution in [2.45, 2.75) is 11.4 Å². The Labute approximate surface area is 183 Å². The number of hydrogen-bond donors (Lipinski definition) is 4. The van der Waals surface area contributed by atoms with E-state index in [4.69, 9.17) is 0 Å². The number of thioether (sulfide) groups is 1.